The first-order valence-corrected chi connectivity index (χ1v) is 12.0. The molecule has 2 heterocycles. The summed E-state index contributed by atoms with van der Waals surface area (Å²) in [6.07, 6.45) is 2.02. The van der Waals surface area contributed by atoms with Gasteiger partial charge in [0.2, 0.25) is 15.9 Å². The number of halogens is 1. The number of hydrogen-bond acceptors (Lipinski definition) is 6. The molecule has 2 N–H and O–H groups in total. The van der Waals surface area contributed by atoms with Crippen LogP contribution in [-0.4, -0.2) is 47.0 Å². The molecular formula is C23H22FN5O4S. The number of rotatable bonds is 6. The van der Waals surface area contributed by atoms with Crippen molar-refractivity contribution in [3.8, 4) is 11.8 Å². The molecule has 1 atom stereocenters. The molecule has 0 spiro atoms. The molecule has 4 rings (SSSR count). The van der Waals surface area contributed by atoms with Crippen LogP contribution in [0.5, 0.6) is 5.75 Å². The number of nitrogens with zero attached hydrogens (tertiary/aromatic N) is 4. The third kappa shape index (κ3) is 4.50. The van der Waals surface area contributed by atoms with Gasteiger partial charge in [0.1, 0.15) is 17.6 Å². The zero-order chi connectivity index (χ0) is 24.5. The van der Waals surface area contributed by atoms with Gasteiger partial charge in [-0.3, -0.25) is 4.79 Å². The highest BCUT2D eigenvalue weighted by Gasteiger charge is 2.35. The molecule has 0 fully saturated rings. The van der Waals surface area contributed by atoms with E-state index in [1.54, 1.807) is 35.0 Å². The number of sulfonamides is 1. The number of phenolic OH excluding ortho intramolecular Hbond substituents is 1. The zero-order valence-electron chi connectivity index (χ0n) is 18.3. The molecule has 1 aromatic heterocycles. The van der Waals surface area contributed by atoms with E-state index >= 15 is 0 Å². The van der Waals surface area contributed by atoms with Crippen LogP contribution in [0.3, 0.4) is 0 Å². The van der Waals surface area contributed by atoms with Gasteiger partial charge >= 0.3 is 0 Å². The molecule has 3 aromatic rings. The fraction of sp³-hybridized carbons (Fsp3) is 0.261. The summed E-state index contributed by atoms with van der Waals surface area (Å²) >= 11 is 0. The van der Waals surface area contributed by atoms with Crippen LogP contribution in [0.1, 0.15) is 35.0 Å². The SMILES string of the molecule is Cn1cnc2c1C(c1ccc(C#N)c(F)c1)N(C(=O)CCNS(=O)(=O)c1cccc(O)c1)CC2. The molecule has 1 aliphatic rings. The molecule has 1 amide bonds. The van der Waals surface area contributed by atoms with E-state index in [1.165, 1.54) is 30.3 Å². The molecule has 1 aliphatic heterocycles. The summed E-state index contributed by atoms with van der Waals surface area (Å²) in [5.41, 5.74) is 1.94. The maximum Gasteiger partial charge on any atom is 0.240 e. The van der Waals surface area contributed by atoms with Crippen molar-refractivity contribution in [2.24, 2.45) is 7.05 Å². The van der Waals surface area contributed by atoms with Gasteiger partial charge in [-0.15, -0.1) is 0 Å². The number of carbonyl (C=O) groups excluding carboxylic acids is 1. The number of aromatic hydroxyl groups is 1. The second-order valence-electron chi connectivity index (χ2n) is 7.92. The quantitative estimate of drug-likeness (QED) is 0.552. The Labute approximate surface area is 196 Å². The van der Waals surface area contributed by atoms with E-state index in [0.29, 0.717) is 18.5 Å². The lowest BCUT2D eigenvalue weighted by atomic mass is 9.94. The molecule has 0 aliphatic carbocycles. The fourth-order valence-electron chi connectivity index (χ4n) is 4.10. The predicted octanol–water partition coefficient (Wildman–Crippen LogP) is 1.98. The first-order valence-electron chi connectivity index (χ1n) is 10.5. The van der Waals surface area contributed by atoms with Crippen molar-refractivity contribution in [1.29, 1.82) is 5.26 Å². The third-order valence-corrected chi connectivity index (χ3v) is 7.19. The van der Waals surface area contributed by atoms with Gasteiger partial charge in [0.25, 0.3) is 0 Å². The molecule has 0 bridgehead atoms. The number of aromatic nitrogens is 2. The van der Waals surface area contributed by atoms with Crippen molar-refractivity contribution in [2.45, 2.75) is 23.8 Å². The number of fused-ring (bicyclic) bond motifs is 1. The second-order valence-corrected chi connectivity index (χ2v) is 9.69. The van der Waals surface area contributed by atoms with Crippen LogP contribution in [0.2, 0.25) is 0 Å². The minimum absolute atomic E-state index is 0.0935. The molecular weight excluding hydrogens is 461 g/mol. The van der Waals surface area contributed by atoms with Crippen LogP contribution in [0.25, 0.3) is 0 Å². The number of aryl methyl sites for hydroxylation is 1. The first kappa shape index (κ1) is 23.4. The number of phenols is 1. The van der Waals surface area contributed by atoms with E-state index in [1.807, 2.05) is 0 Å². The number of nitriles is 1. The zero-order valence-corrected chi connectivity index (χ0v) is 19.1. The number of amides is 1. The maximum atomic E-state index is 14.4. The molecule has 11 heteroatoms. The van der Waals surface area contributed by atoms with Crippen LogP contribution < -0.4 is 4.72 Å². The van der Waals surface area contributed by atoms with Gasteiger partial charge in [-0.25, -0.2) is 22.5 Å². The van der Waals surface area contributed by atoms with Gasteiger partial charge in [0, 0.05) is 33.0 Å². The summed E-state index contributed by atoms with van der Waals surface area (Å²) in [7, 11) is -2.12. The van der Waals surface area contributed by atoms with E-state index in [2.05, 4.69) is 9.71 Å². The molecule has 0 radical (unpaired) electrons. The number of imidazole rings is 1. The van der Waals surface area contributed by atoms with E-state index in [4.69, 9.17) is 5.26 Å². The second kappa shape index (κ2) is 9.24. The fourth-order valence-corrected chi connectivity index (χ4v) is 5.17. The van der Waals surface area contributed by atoms with Crippen LogP contribution in [-0.2, 0) is 28.3 Å². The first-order chi connectivity index (χ1) is 16.2. The monoisotopic (exact) mass is 483 g/mol. The maximum absolute atomic E-state index is 14.4. The Hall–Kier alpha value is -3.75. The highest BCUT2D eigenvalue weighted by molar-refractivity contribution is 7.89. The normalized spacial score (nSPS) is 15.6. The van der Waals surface area contributed by atoms with Gasteiger partial charge in [0.05, 0.1) is 34.2 Å². The van der Waals surface area contributed by atoms with Crippen molar-refractivity contribution >= 4 is 15.9 Å². The molecule has 1 unspecified atom stereocenters. The van der Waals surface area contributed by atoms with Crippen molar-refractivity contribution in [1.82, 2.24) is 19.2 Å². The van der Waals surface area contributed by atoms with E-state index in [9.17, 15) is 22.7 Å². The topological polar surface area (TPSA) is 128 Å². The smallest absolute Gasteiger partial charge is 0.240 e. The van der Waals surface area contributed by atoms with Gasteiger partial charge in [-0.2, -0.15) is 5.26 Å². The highest BCUT2D eigenvalue weighted by Crippen LogP contribution is 2.35. The number of benzene rings is 2. The number of carbonyl (C=O) groups is 1. The predicted molar refractivity (Wildman–Crippen MR) is 119 cm³/mol. The van der Waals surface area contributed by atoms with Gasteiger partial charge in [-0.05, 0) is 35.9 Å². The van der Waals surface area contributed by atoms with Gasteiger partial charge in [-0.1, -0.05) is 12.1 Å². The van der Waals surface area contributed by atoms with E-state index in [-0.39, 0.29) is 35.1 Å². The number of hydrogen-bond donors (Lipinski definition) is 2. The minimum Gasteiger partial charge on any atom is -0.508 e. The minimum atomic E-state index is -3.91. The lowest BCUT2D eigenvalue weighted by Gasteiger charge is -2.36. The van der Waals surface area contributed by atoms with Crippen LogP contribution in [0.4, 0.5) is 4.39 Å². The molecule has 9 nitrogen and oxygen atoms in total. The van der Waals surface area contributed by atoms with Crippen LogP contribution in [0, 0.1) is 17.1 Å². The Morgan fingerprint density at radius 3 is 2.82 bits per heavy atom. The average Bonchev–Trinajstić information content (AvgIpc) is 3.19. The Bertz CT molecular complexity index is 1400. The van der Waals surface area contributed by atoms with Crippen molar-refractivity contribution in [3.63, 3.8) is 0 Å². The summed E-state index contributed by atoms with van der Waals surface area (Å²) in [5.74, 6) is -1.18. The Balaban J connectivity index is 1.56. The summed E-state index contributed by atoms with van der Waals surface area (Å²) in [6.45, 7) is 0.175. The standard InChI is InChI=1S/C23H22FN5O4S/c1-28-14-26-20-8-10-29(22(23(20)28)15-5-6-16(13-25)19(24)11-15)21(31)7-9-27-34(32,33)18-4-2-3-17(30)12-18/h2-6,11-12,14,22,27,30H,7-10H2,1H3. The molecule has 34 heavy (non-hydrogen) atoms. The molecule has 0 saturated carbocycles. The third-order valence-electron chi connectivity index (χ3n) is 5.73. The Kier molecular flexibility index (Phi) is 6.37. The Morgan fingerprint density at radius 2 is 2.12 bits per heavy atom. The van der Waals surface area contributed by atoms with Gasteiger partial charge < -0.3 is 14.6 Å². The lowest BCUT2D eigenvalue weighted by Crippen LogP contribution is -2.42. The van der Waals surface area contributed by atoms with E-state index in [0.717, 1.165) is 17.5 Å². The van der Waals surface area contributed by atoms with Crippen molar-refractivity contribution in [2.75, 3.05) is 13.1 Å². The summed E-state index contributed by atoms with van der Waals surface area (Å²) in [5, 5.41) is 18.6. The summed E-state index contributed by atoms with van der Waals surface area (Å²) in [6, 6.07) is 10.6. The molecule has 0 saturated heterocycles. The van der Waals surface area contributed by atoms with Gasteiger partial charge in [0.15, 0.2) is 0 Å². The van der Waals surface area contributed by atoms with E-state index < -0.39 is 21.9 Å². The summed E-state index contributed by atoms with van der Waals surface area (Å²) in [4.78, 5) is 19.0. The largest absolute Gasteiger partial charge is 0.508 e. The van der Waals surface area contributed by atoms with Crippen LogP contribution >= 0.6 is 0 Å². The molecule has 2 aromatic carbocycles. The summed E-state index contributed by atoms with van der Waals surface area (Å²) < 4.78 is 43.5. The lowest BCUT2D eigenvalue weighted by molar-refractivity contribution is -0.133. The van der Waals surface area contributed by atoms with Crippen molar-refractivity contribution < 1.29 is 22.7 Å². The van der Waals surface area contributed by atoms with Crippen molar-refractivity contribution in [3.05, 3.63) is 77.1 Å². The molecule has 176 valence electrons. The Morgan fingerprint density at radius 1 is 1.32 bits per heavy atom. The highest BCUT2D eigenvalue weighted by atomic mass is 32.2. The average molecular weight is 484 g/mol. The van der Waals surface area contributed by atoms with Crippen LogP contribution in [0.15, 0.2) is 53.7 Å². The number of nitrogens with one attached hydrogen (secondary N) is 1.